The SMILES string of the molecule is [CH2]c1ccc(O[Si](C)(C)C)c2oc3ccccc3c12. The smallest absolute Gasteiger partial charge is 0.242 e. The predicted molar refractivity (Wildman–Crippen MR) is 82.2 cm³/mol. The molecule has 1 heterocycles. The van der Waals surface area contributed by atoms with Gasteiger partial charge in [0.05, 0.1) is 0 Å². The molecule has 0 amide bonds. The van der Waals surface area contributed by atoms with Gasteiger partial charge in [-0.05, 0) is 44.3 Å². The van der Waals surface area contributed by atoms with Crippen molar-refractivity contribution in [3.8, 4) is 5.75 Å². The zero-order valence-electron chi connectivity index (χ0n) is 11.5. The van der Waals surface area contributed by atoms with Crippen LogP contribution in [-0.4, -0.2) is 8.32 Å². The van der Waals surface area contributed by atoms with E-state index in [0.29, 0.717) is 0 Å². The minimum absolute atomic E-state index is 0.816. The lowest BCUT2D eigenvalue weighted by atomic mass is 10.1. The first-order valence-electron chi connectivity index (χ1n) is 6.41. The highest BCUT2D eigenvalue weighted by Gasteiger charge is 2.20. The van der Waals surface area contributed by atoms with E-state index in [0.717, 1.165) is 33.3 Å². The van der Waals surface area contributed by atoms with Gasteiger partial charge in [-0.3, -0.25) is 0 Å². The number of para-hydroxylation sites is 1. The summed E-state index contributed by atoms with van der Waals surface area (Å²) in [5.41, 5.74) is 2.67. The Balaban J connectivity index is 2.34. The van der Waals surface area contributed by atoms with Gasteiger partial charge in [-0.1, -0.05) is 24.3 Å². The van der Waals surface area contributed by atoms with E-state index in [1.54, 1.807) is 0 Å². The molecule has 0 saturated heterocycles. The summed E-state index contributed by atoms with van der Waals surface area (Å²) in [5.74, 6) is 0.831. The summed E-state index contributed by atoms with van der Waals surface area (Å²) in [6.45, 7) is 10.6. The number of fused-ring (bicyclic) bond motifs is 3. The Morgan fingerprint density at radius 1 is 1.05 bits per heavy atom. The van der Waals surface area contributed by atoms with Crippen molar-refractivity contribution in [2.75, 3.05) is 0 Å². The van der Waals surface area contributed by atoms with Crippen molar-refractivity contribution in [2.24, 2.45) is 0 Å². The molecule has 0 spiro atoms. The Morgan fingerprint density at radius 3 is 2.53 bits per heavy atom. The maximum atomic E-state index is 6.12. The summed E-state index contributed by atoms with van der Waals surface area (Å²) in [7, 11) is -1.66. The van der Waals surface area contributed by atoms with E-state index in [9.17, 15) is 0 Å². The minimum atomic E-state index is -1.66. The molecular weight excluding hydrogens is 252 g/mol. The Hall–Kier alpha value is -1.74. The van der Waals surface area contributed by atoms with Gasteiger partial charge in [0.25, 0.3) is 0 Å². The van der Waals surface area contributed by atoms with Crippen molar-refractivity contribution >= 4 is 30.3 Å². The third-order valence-electron chi connectivity index (χ3n) is 2.99. The number of hydrogen-bond donors (Lipinski definition) is 0. The first-order valence-corrected chi connectivity index (χ1v) is 9.82. The molecule has 0 saturated carbocycles. The van der Waals surface area contributed by atoms with Gasteiger partial charge < -0.3 is 8.84 Å². The van der Waals surface area contributed by atoms with Gasteiger partial charge in [0.2, 0.25) is 8.32 Å². The molecule has 1 aromatic heterocycles. The predicted octanol–water partition coefficient (Wildman–Crippen LogP) is 4.98. The van der Waals surface area contributed by atoms with E-state index < -0.39 is 8.32 Å². The third kappa shape index (κ3) is 2.14. The minimum Gasteiger partial charge on any atom is -0.542 e. The van der Waals surface area contributed by atoms with Gasteiger partial charge in [-0.15, -0.1) is 0 Å². The summed E-state index contributed by atoms with van der Waals surface area (Å²) in [6, 6.07) is 12.0. The average Bonchev–Trinajstić information content (AvgIpc) is 2.71. The van der Waals surface area contributed by atoms with Crippen molar-refractivity contribution < 1.29 is 8.84 Å². The normalized spacial score (nSPS) is 12.2. The number of benzene rings is 2. The molecular formula is C16H17O2Si. The average molecular weight is 269 g/mol. The quantitative estimate of drug-likeness (QED) is 0.612. The van der Waals surface area contributed by atoms with Crippen LogP contribution in [0, 0.1) is 6.92 Å². The largest absolute Gasteiger partial charge is 0.542 e. The zero-order valence-corrected chi connectivity index (χ0v) is 12.5. The van der Waals surface area contributed by atoms with E-state index in [1.165, 1.54) is 0 Å². The van der Waals surface area contributed by atoms with Gasteiger partial charge in [-0.25, -0.2) is 0 Å². The molecule has 2 aromatic carbocycles. The molecule has 0 bridgehead atoms. The number of hydrogen-bond acceptors (Lipinski definition) is 2. The summed E-state index contributed by atoms with van der Waals surface area (Å²) >= 11 is 0. The van der Waals surface area contributed by atoms with Gasteiger partial charge in [0, 0.05) is 10.8 Å². The Kier molecular flexibility index (Phi) is 2.68. The van der Waals surface area contributed by atoms with Crippen LogP contribution >= 0.6 is 0 Å². The molecule has 3 heteroatoms. The van der Waals surface area contributed by atoms with Crippen LogP contribution in [0.1, 0.15) is 5.56 Å². The molecule has 0 atom stereocenters. The van der Waals surface area contributed by atoms with Crippen molar-refractivity contribution in [1.29, 1.82) is 0 Å². The summed E-state index contributed by atoms with van der Waals surface area (Å²) in [4.78, 5) is 0. The van der Waals surface area contributed by atoms with Crippen molar-refractivity contribution in [3.63, 3.8) is 0 Å². The lowest BCUT2D eigenvalue weighted by Crippen LogP contribution is -2.29. The summed E-state index contributed by atoms with van der Waals surface area (Å²) < 4.78 is 12.1. The van der Waals surface area contributed by atoms with E-state index in [4.69, 9.17) is 8.84 Å². The Bertz CT molecular complexity index is 750. The highest BCUT2D eigenvalue weighted by Crippen LogP contribution is 2.37. The van der Waals surface area contributed by atoms with Crippen LogP contribution in [0.25, 0.3) is 21.9 Å². The molecule has 1 radical (unpaired) electrons. The van der Waals surface area contributed by atoms with Crippen LogP contribution in [0.2, 0.25) is 19.6 Å². The maximum Gasteiger partial charge on any atom is 0.242 e. The van der Waals surface area contributed by atoms with Gasteiger partial charge in [0.15, 0.2) is 5.58 Å². The first-order chi connectivity index (χ1) is 8.96. The Morgan fingerprint density at radius 2 is 1.79 bits per heavy atom. The fourth-order valence-corrected chi connectivity index (χ4v) is 3.10. The van der Waals surface area contributed by atoms with E-state index in [2.05, 4.69) is 32.6 Å². The van der Waals surface area contributed by atoms with E-state index in [-0.39, 0.29) is 0 Å². The van der Waals surface area contributed by atoms with Crippen LogP contribution in [0.15, 0.2) is 40.8 Å². The maximum absolute atomic E-state index is 6.12. The summed E-state index contributed by atoms with van der Waals surface area (Å²) in [5, 5.41) is 2.16. The molecule has 3 aromatic rings. The third-order valence-corrected chi connectivity index (χ3v) is 3.82. The van der Waals surface area contributed by atoms with Gasteiger partial charge in [0.1, 0.15) is 11.3 Å². The molecule has 2 nitrogen and oxygen atoms in total. The van der Waals surface area contributed by atoms with Crippen LogP contribution < -0.4 is 4.43 Å². The molecule has 0 fully saturated rings. The lowest BCUT2D eigenvalue weighted by Gasteiger charge is -2.19. The molecule has 0 unspecified atom stereocenters. The second kappa shape index (κ2) is 4.13. The second-order valence-corrected chi connectivity index (χ2v) is 10.2. The highest BCUT2D eigenvalue weighted by atomic mass is 28.4. The summed E-state index contributed by atoms with van der Waals surface area (Å²) in [6.07, 6.45) is 0. The fourth-order valence-electron chi connectivity index (χ4n) is 2.28. The monoisotopic (exact) mass is 269 g/mol. The van der Waals surface area contributed by atoms with E-state index >= 15 is 0 Å². The standard InChI is InChI=1S/C16H17O2Si/c1-11-9-10-14(18-19(2,3)4)16-15(11)12-7-5-6-8-13(12)17-16/h5-10H,1H2,2-4H3. The number of rotatable bonds is 2. The highest BCUT2D eigenvalue weighted by molar-refractivity contribution is 6.70. The molecule has 97 valence electrons. The second-order valence-electron chi connectivity index (χ2n) is 5.74. The van der Waals surface area contributed by atoms with Crippen LogP contribution in [-0.2, 0) is 0 Å². The fraction of sp³-hybridized carbons (Fsp3) is 0.188. The first kappa shape index (κ1) is 12.3. The number of furan rings is 1. The van der Waals surface area contributed by atoms with Crippen molar-refractivity contribution in [2.45, 2.75) is 19.6 Å². The molecule has 0 aliphatic rings. The molecule has 3 rings (SSSR count). The molecule has 0 aliphatic heterocycles. The zero-order chi connectivity index (χ0) is 13.6. The van der Waals surface area contributed by atoms with Crippen LogP contribution in [0.5, 0.6) is 5.75 Å². The van der Waals surface area contributed by atoms with Gasteiger partial charge >= 0.3 is 0 Å². The molecule has 0 aliphatic carbocycles. The van der Waals surface area contributed by atoms with Crippen molar-refractivity contribution in [1.82, 2.24) is 0 Å². The van der Waals surface area contributed by atoms with Crippen LogP contribution in [0.3, 0.4) is 0 Å². The van der Waals surface area contributed by atoms with Gasteiger partial charge in [-0.2, -0.15) is 0 Å². The Labute approximate surface area is 114 Å². The van der Waals surface area contributed by atoms with E-state index in [1.807, 2.05) is 30.3 Å². The molecule has 19 heavy (non-hydrogen) atoms. The topological polar surface area (TPSA) is 22.4 Å². The van der Waals surface area contributed by atoms with Crippen LogP contribution in [0.4, 0.5) is 0 Å². The van der Waals surface area contributed by atoms with Crippen molar-refractivity contribution in [3.05, 3.63) is 48.9 Å². The molecule has 0 N–H and O–H groups in total. The lowest BCUT2D eigenvalue weighted by molar-refractivity contribution is 0.543.